The number of aliphatic imine (C=N–C) groups is 1. The molecule has 136 valence electrons. The lowest BCUT2D eigenvalue weighted by molar-refractivity contribution is 0.0975. The third-order valence-electron chi connectivity index (χ3n) is 3.92. The minimum Gasteiger partial charge on any atom is -0.376 e. The maximum absolute atomic E-state index is 13.1. The van der Waals surface area contributed by atoms with E-state index in [9.17, 15) is 13.6 Å². The molecule has 0 aliphatic carbocycles. The van der Waals surface area contributed by atoms with E-state index in [-0.39, 0.29) is 17.9 Å². The lowest BCUT2D eigenvalue weighted by atomic mass is 10.2. The van der Waals surface area contributed by atoms with Gasteiger partial charge in [-0.25, -0.2) is 13.8 Å². The Morgan fingerprint density at radius 3 is 2.35 bits per heavy atom. The van der Waals surface area contributed by atoms with Gasteiger partial charge in [0.1, 0.15) is 11.6 Å². The van der Waals surface area contributed by atoms with Gasteiger partial charge in [-0.2, -0.15) is 0 Å². The molecule has 1 atom stereocenters. The first-order valence-corrected chi connectivity index (χ1v) is 8.36. The molecular formula is C19H19F2N3O2. The Morgan fingerprint density at radius 1 is 1.08 bits per heavy atom. The summed E-state index contributed by atoms with van der Waals surface area (Å²) in [4.78, 5) is 16.7. The molecular weight excluding hydrogens is 340 g/mol. The van der Waals surface area contributed by atoms with E-state index < -0.39 is 11.7 Å². The molecule has 0 unspecified atom stereocenters. The van der Waals surface area contributed by atoms with E-state index in [1.165, 1.54) is 36.4 Å². The fraction of sp³-hybridized carbons (Fsp3) is 0.263. The summed E-state index contributed by atoms with van der Waals surface area (Å²) in [6.45, 7) is 1.11. The maximum atomic E-state index is 13.1. The molecule has 0 spiro atoms. The van der Waals surface area contributed by atoms with Crippen LogP contribution < -0.4 is 10.6 Å². The normalized spacial score (nSPS) is 17.2. The van der Waals surface area contributed by atoms with E-state index in [2.05, 4.69) is 15.6 Å². The van der Waals surface area contributed by atoms with Crippen molar-refractivity contribution in [2.24, 2.45) is 4.99 Å². The van der Waals surface area contributed by atoms with Crippen LogP contribution in [0.3, 0.4) is 0 Å². The van der Waals surface area contributed by atoms with Crippen molar-refractivity contribution >= 4 is 17.6 Å². The monoisotopic (exact) mass is 359 g/mol. The fourth-order valence-corrected chi connectivity index (χ4v) is 2.54. The van der Waals surface area contributed by atoms with Crippen LogP contribution in [0.4, 0.5) is 14.5 Å². The maximum Gasteiger partial charge on any atom is 0.257 e. The first kappa shape index (κ1) is 18.0. The first-order chi connectivity index (χ1) is 12.6. The molecule has 1 fully saturated rings. The number of benzene rings is 2. The molecule has 2 aromatic carbocycles. The molecule has 1 aliphatic heterocycles. The van der Waals surface area contributed by atoms with Crippen LogP contribution in [-0.2, 0) is 4.74 Å². The third-order valence-corrected chi connectivity index (χ3v) is 3.92. The Kier molecular flexibility index (Phi) is 5.91. The molecule has 1 saturated heterocycles. The van der Waals surface area contributed by atoms with Crippen molar-refractivity contribution < 1.29 is 18.3 Å². The van der Waals surface area contributed by atoms with Crippen LogP contribution in [0.1, 0.15) is 23.2 Å². The smallest absolute Gasteiger partial charge is 0.257 e. The number of hydrogen-bond acceptors (Lipinski definition) is 3. The summed E-state index contributed by atoms with van der Waals surface area (Å²) in [5, 5.41) is 5.63. The average Bonchev–Trinajstić information content (AvgIpc) is 3.15. The standard InChI is InChI=1S/C19H19F2N3O2/c20-14-5-3-13(4-6-14)18(25)24-19(22-12-17-2-1-11-26-17)23-16-9-7-15(21)8-10-16/h3-10,17H,1-2,11-12H2,(H2,22,23,24,25)/t17-/m1/s1. The van der Waals surface area contributed by atoms with E-state index >= 15 is 0 Å². The number of carbonyl (C=O) groups excluding carboxylic acids is 1. The summed E-state index contributed by atoms with van der Waals surface area (Å²) in [6.07, 6.45) is 1.92. The Labute approximate surface area is 150 Å². The molecule has 1 aliphatic rings. The number of nitrogens with one attached hydrogen (secondary N) is 2. The molecule has 5 nitrogen and oxygen atoms in total. The molecule has 0 bridgehead atoms. The van der Waals surface area contributed by atoms with Crippen molar-refractivity contribution in [1.29, 1.82) is 0 Å². The first-order valence-electron chi connectivity index (χ1n) is 8.36. The Balaban J connectivity index is 1.72. The van der Waals surface area contributed by atoms with Gasteiger partial charge in [0.25, 0.3) is 5.91 Å². The number of rotatable bonds is 4. The average molecular weight is 359 g/mol. The molecule has 26 heavy (non-hydrogen) atoms. The predicted octanol–water partition coefficient (Wildman–Crippen LogP) is 3.34. The molecule has 2 N–H and O–H groups in total. The van der Waals surface area contributed by atoms with Crippen molar-refractivity contribution in [2.45, 2.75) is 18.9 Å². The number of anilines is 1. The zero-order valence-electron chi connectivity index (χ0n) is 14.0. The summed E-state index contributed by atoms with van der Waals surface area (Å²) in [5.74, 6) is -0.978. The Morgan fingerprint density at radius 2 is 1.73 bits per heavy atom. The van der Waals surface area contributed by atoms with Crippen molar-refractivity contribution in [3.8, 4) is 0 Å². The minimum atomic E-state index is -0.425. The van der Waals surface area contributed by atoms with Gasteiger partial charge < -0.3 is 10.1 Å². The van der Waals surface area contributed by atoms with Crippen LogP contribution in [0.5, 0.6) is 0 Å². The van der Waals surface area contributed by atoms with Crippen LogP contribution in [-0.4, -0.2) is 31.1 Å². The van der Waals surface area contributed by atoms with Crippen LogP contribution in [0.15, 0.2) is 53.5 Å². The fourth-order valence-electron chi connectivity index (χ4n) is 2.54. The summed E-state index contributed by atoms with van der Waals surface area (Å²) < 4.78 is 31.6. The number of ether oxygens (including phenoxy) is 1. The molecule has 3 rings (SSSR count). The SMILES string of the molecule is O=C(NC(=NC[C@H]1CCCO1)Nc1ccc(F)cc1)c1ccc(F)cc1. The highest BCUT2D eigenvalue weighted by Crippen LogP contribution is 2.13. The largest absolute Gasteiger partial charge is 0.376 e. The Bertz CT molecular complexity index is 770. The highest BCUT2D eigenvalue weighted by Gasteiger charge is 2.16. The number of amides is 1. The molecule has 0 aromatic heterocycles. The van der Waals surface area contributed by atoms with Gasteiger partial charge in [-0.05, 0) is 61.4 Å². The van der Waals surface area contributed by atoms with Gasteiger partial charge in [0, 0.05) is 17.9 Å². The van der Waals surface area contributed by atoms with E-state index in [1.54, 1.807) is 12.1 Å². The van der Waals surface area contributed by atoms with Crippen LogP contribution in [0, 0.1) is 11.6 Å². The molecule has 0 radical (unpaired) electrons. The number of nitrogens with zero attached hydrogens (tertiary/aromatic N) is 1. The second kappa shape index (κ2) is 8.53. The number of halogens is 2. The van der Waals surface area contributed by atoms with Crippen molar-refractivity contribution in [3.05, 3.63) is 65.7 Å². The lowest BCUT2D eigenvalue weighted by Gasteiger charge is -2.13. The topological polar surface area (TPSA) is 62.7 Å². The van der Waals surface area contributed by atoms with E-state index in [0.29, 0.717) is 24.4 Å². The van der Waals surface area contributed by atoms with Crippen LogP contribution in [0.25, 0.3) is 0 Å². The van der Waals surface area contributed by atoms with Gasteiger partial charge in [0.15, 0.2) is 0 Å². The van der Waals surface area contributed by atoms with Crippen molar-refractivity contribution in [1.82, 2.24) is 5.32 Å². The summed E-state index contributed by atoms with van der Waals surface area (Å²) >= 11 is 0. The van der Waals surface area contributed by atoms with Gasteiger partial charge >= 0.3 is 0 Å². The Hall–Kier alpha value is -2.80. The summed E-state index contributed by atoms with van der Waals surface area (Å²) in [5.41, 5.74) is 0.883. The van der Waals surface area contributed by atoms with E-state index in [4.69, 9.17) is 4.74 Å². The van der Waals surface area contributed by atoms with Crippen LogP contribution >= 0.6 is 0 Å². The third kappa shape index (κ3) is 5.10. The highest BCUT2D eigenvalue weighted by atomic mass is 19.1. The van der Waals surface area contributed by atoms with E-state index in [0.717, 1.165) is 12.8 Å². The number of hydrogen-bond donors (Lipinski definition) is 2. The van der Waals surface area contributed by atoms with Gasteiger partial charge in [-0.1, -0.05) is 0 Å². The predicted molar refractivity (Wildman–Crippen MR) is 95.2 cm³/mol. The summed E-state index contributed by atoms with van der Waals surface area (Å²) in [7, 11) is 0. The second-order valence-corrected chi connectivity index (χ2v) is 5.92. The zero-order chi connectivity index (χ0) is 18.4. The van der Waals surface area contributed by atoms with Gasteiger partial charge in [0.05, 0.1) is 12.6 Å². The molecule has 7 heteroatoms. The quantitative estimate of drug-likeness (QED) is 0.650. The van der Waals surface area contributed by atoms with Crippen molar-refractivity contribution in [2.75, 3.05) is 18.5 Å². The van der Waals surface area contributed by atoms with Crippen molar-refractivity contribution in [3.63, 3.8) is 0 Å². The molecule has 1 heterocycles. The number of carbonyl (C=O) groups is 1. The van der Waals surface area contributed by atoms with Gasteiger partial charge in [0.2, 0.25) is 5.96 Å². The summed E-state index contributed by atoms with van der Waals surface area (Å²) in [6, 6.07) is 10.9. The lowest BCUT2D eigenvalue weighted by Crippen LogP contribution is -2.36. The number of guanidine groups is 1. The van der Waals surface area contributed by atoms with E-state index in [1.807, 2.05) is 0 Å². The zero-order valence-corrected chi connectivity index (χ0v) is 14.0. The molecule has 2 aromatic rings. The van der Waals surface area contributed by atoms with Gasteiger partial charge in [-0.15, -0.1) is 0 Å². The molecule has 0 saturated carbocycles. The minimum absolute atomic E-state index is 0.0164. The van der Waals surface area contributed by atoms with Crippen LogP contribution in [0.2, 0.25) is 0 Å². The second-order valence-electron chi connectivity index (χ2n) is 5.92. The molecule has 1 amide bonds. The van der Waals surface area contributed by atoms with Gasteiger partial charge in [-0.3, -0.25) is 10.1 Å². The highest BCUT2D eigenvalue weighted by molar-refractivity contribution is 6.09.